The Morgan fingerprint density at radius 1 is 1.12 bits per heavy atom. The van der Waals surface area contributed by atoms with E-state index in [9.17, 15) is 9.50 Å². The average Bonchev–Trinajstić information content (AvgIpc) is 3.07. The largest absolute Gasteiger partial charge is 0.525 e. The first kappa shape index (κ1) is 19.4. The van der Waals surface area contributed by atoms with Crippen LogP contribution in [-0.4, -0.2) is 35.6 Å². The van der Waals surface area contributed by atoms with Gasteiger partial charge in [0.25, 0.3) is 0 Å². The molecule has 142 valence electrons. The SMILES string of the molecule is CC(=C(F)B1OC(C)(C)C(C)(C)O1)c1ccc(OC2CCCC2O)cc1. The zero-order valence-corrected chi connectivity index (χ0v) is 16.2. The Bertz CT molecular complexity index is 668. The van der Waals surface area contributed by atoms with Gasteiger partial charge < -0.3 is 19.2 Å². The summed E-state index contributed by atoms with van der Waals surface area (Å²) < 4.78 is 32.3. The van der Waals surface area contributed by atoms with Gasteiger partial charge in [0.05, 0.1) is 17.3 Å². The molecule has 2 aliphatic rings. The van der Waals surface area contributed by atoms with Crippen LogP contribution < -0.4 is 4.74 Å². The molecule has 0 aromatic heterocycles. The molecule has 2 fully saturated rings. The summed E-state index contributed by atoms with van der Waals surface area (Å²) in [5.74, 6) is 0.684. The van der Waals surface area contributed by atoms with Crippen molar-refractivity contribution >= 4 is 12.7 Å². The molecular weight excluding hydrogens is 334 g/mol. The Labute approximate surface area is 155 Å². The third kappa shape index (κ3) is 3.68. The van der Waals surface area contributed by atoms with Gasteiger partial charge in [-0.2, -0.15) is 0 Å². The number of aliphatic hydroxyl groups excluding tert-OH is 1. The van der Waals surface area contributed by atoms with Crippen LogP contribution in [0.4, 0.5) is 4.39 Å². The number of hydrogen-bond acceptors (Lipinski definition) is 4. The van der Waals surface area contributed by atoms with Crippen LogP contribution in [0.15, 0.2) is 30.0 Å². The molecule has 1 N–H and O–H groups in total. The van der Waals surface area contributed by atoms with Gasteiger partial charge in [0.1, 0.15) is 17.6 Å². The first-order chi connectivity index (χ1) is 12.1. The summed E-state index contributed by atoms with van der Waals surface area (Å²) in [5.41, 5.74) is -0.333. The van der Waals surface area contributed by atoms with Gasteiger partial charge >= 0.3 is 7.12 Å². The summed E-state index contributed by atoms with van der Waals surface area (Å²) in [6.07, 6.45) is 2.06. The molecule has 0 amide bonds. The molecule has 1 aliphatic heterocycles. The predicted molar refractivity (Wildman–Crippen MR) is 100 cm³/mol. The topological polar surface area (TPSA) is 47.9 Å². The molecule has 1 aromatic rings. The minimum atomic E-state index is -0.996. The maximum Gasteiger partial charge on any atom is 0.525 e. The van der Waals surface area contributed by atoms with Gasteiger partial charge in [-0.3, -0.25) is 0 Å². The highest BCUT2D eigenvalue weighted by atomic mass is 19.1. The molecule has 1 aliphatic carbocycles. The van der Waals surface area contributed by atoms with Crippen LogP contribution in [-0.2, 0) is 9.31 Å². The number of hydrogen-bond donors (Lipinski definition) is 1. The number of allylic oxidation sites excluding steroid dienone is 1. The average molecular weight is 362 g/mol. The van der Waals surface area contributed by atoms with E-state index in [1.807, 2.05) is 39.8 Å². The maximum absolute atomic E-state index is 14.9. The lowest BCUT2D eigenvalue weighted by molar-refractivity contribution is 0.00578. The van der Waals surface area contributed by atoms with Crippen LogP contribution in [0, 0.1) is 0 Å². The molecule has 3 rings (SSSR count). The van der Waals surface area contributed by atoms with Gasteiger partial charge in [-0.1, -0.05) is 12.1 Å². The van der Waals surface area contributed by atoms with Crippen molar-refractivity contribution in [1.82, 2.24) is 0 Å². The Morgan fingerprint density at radius 2 is 1.69 bits per heavy atom. The van der Waals surface area contributed by atoms with E-state index in [4.69, 9.17) is 14.0 Å². The lowest BCUT2D eigenvalue weighted by Gasteiger charge is -2.32. The molecule has 2 unspecified atom stereocenters. The van der Waals surface area contributed by atoms with Crippen molar-refractivity contribution in [3.63, 3.8) is 0 Å². The quantitative estimate of drug-likeness (QED) is 0.811. The molecule has 1 saturated heterocycles. The molecule has 1 aromatic carbocycles. The first-order valence-corrected chi connectivity index (χ1v) is 9.28. The van der Waals surface area contributed by atoms with Gasteiger partial charge in [-0.15, -0.1) is 0 Å². The molecule has 6 heteroatoms. The monoisotopic (exact) mass is 362 g/mol. The van der Waals surface area contributed by atoms with Gasteiger partial charge in [0.15, 0.2) is 0 Å². The highest BCUT2D eigenvalue weighted by Crippen LogP contribution is 2.40. The van der Waals surface area contributed by atoms with Crippen molar-refractivity contribution in [2.75, 3.05) is 0 Å². The lowest BCUT2D eigenvalue weighted by atomic mass is 9.83. The zero-order valence-electron chi connectivity index (χ0n) is 16.2. The summed E-state index contributed by atoms with van der Waals surface area (Å²) in [4.78, 5) is 0. The van der Waals surface area contributed by atoms with E-state index >= 15 is 0 Å². The number of rotatable bonds is 4. The summed E-state index contributed by atoms with van der Waals surface area (Å²) in [6.45, 7) is 9.33. The van der Waals surface area contributed by atoms with Gasteiger partial charge in [0, 0.05) is 0 Å². The molecule has 4 nitrogen and oxygen atoms in total. The third-order valence-corrected chi connectivity index (χ3v) is 5.81. The van der Waals surface area contributed by atoms with Crippen molar-refractivity contribution < 1.29 is 23.5 Å². The fourth-order valence-electron chi connectivity index (χ4n) is 3.26. The maximum atomic E-state index is 14.9. The van der Waals surface area contributed by atoms with Crippen molar-refractivity contribution in [3.05, 3.63) is 35.6 Å². The molecule has 1 saturated carbocycles. The third-order valence-electron chi connectivity index (χ3n) is 5.81. The normalized spacial score (nSPS) is 28.2. The summed E-state index contributed by atoms with van der Waals surface area (Å²) in [7, 11) is -0.996. The van der Waals surface area contributed by atoms with Crippen LogP contribution in [0.5, 0.6) is 5.75 Å². The number of ether oxygens (including phenoxy) is 1. The van der Waals surface area contributed by atoms with Crippen LogP contribution >= 0.6 is 0 Å². The molecule has 1 heterocycles. The van der Waals surface area contributed by atoms with E-state index < -0.39 is 30.2 Å². The second-order valence-corrected chi connectivity index (χ2v) is 8.24. The van der Waals surface area contributed by atoms with Crippen molar-refractivity contribution in [2.45, 2.75) is 77.3 Å². The Hall–Kier alpha value is -1.37. The Morgan fingerprint density at radius 3 is 2.19 bits per heavy atom. The van der Waals surface area contributed by atoms with Crippen LogP contribution in [0.2, 0.25) is 0 Å². The first-order valence-electron chi connectivity index (χ1n) is 9.28. The standard InChI is InChI=1S/C20H28BFO4/c1-13(18(22)21-25-19(2,3)20(4,5)26-21)14-9-11-15(12-10-14)24-17-8-6-7-16(17)23/h9-12,16-17,23H,6-8H2,1-5H3. The lowest BCUT2D eigenvalue weighted by Crippen LogP contribution is -2.41. The van der Waals surface area contributed by atoms with Crippen molar-refractivity contribution in [2.24, 2.45) is 0 Å². The zero-order chi connectivity index (χ0) is 19.1. The predicted octanol–water partition coefficient (Wildman–Crippen LogP) is 4.31. The van der Waals surface area contributed by atoms with Gasteiger partial charge in [-0.25, -0.2) is 4.39 Å². The Balaban J connectivity index is 1.73. The van der Waals surface area contributed by atoms with Crippen molar-refractivity contribution in [3.8, 4) is 5.75 Å². The highest BCUT2D eigenvalue weighted by molar-refractivity contribution is 6.55. The van der Waals surface area contributed by atoms with E-state index in [0.717, 1.165) is 24.8 Å². The summed E-state index contributed by atoms with van der Waals surface area (Å²) in [5, 5.41) is 9.86. The molecule has 0 radical (unpaired) electrons. The fraction of sp³-hybridized carbons (Fsp3) is 0.600. The molecular formula is C20H28BFO4. The summed E-state index contributed by atoms with van der Waals surface area (Å²) in [6, 6.07) is 7.25. The fourth-order valence-corrected chi connectivity index (χ4v) is 3.26. The molecule has 0 spiro atoms. The second kappa shape index (κ2) is 6.99. The summed E-state index contributed by atoms with van der Waals surface area (Å²) >= 11 is 0. The second-order valence-electron chi connectivity index (χ2n) is 8.24. The molecule has 2 atom stereocenters. The number of aliphatic hydroxyl groups is 1. The van der Waals surface area contributed by atoms with Gasteiger partial charge in [0.2, 0.25) is 0 Å². The molecule has 0 bridgehead atoms. The van der Waals surface area contributed by atoms with E-state index in [2.05, 4.69) is 0 Å². The Kier molecular flexibility index (Phi) is 5.21. The van der Waals surface area contributed by atoms with Crippen LogP contribution in [0.25, 0.3) is 5.57 Å². The van der Waals surface area contributed by atoms with Gasteiger partial charge in [-0.05, 0) is 77.2 Å². The smallest absolute Gasteiger partial charge is 0.488 e. The van der Waals surface area contributed by atoms with E-state index in [0.29, 0.717) is 11.3 Å². The minimum Gasteiger partial charge on any atom is -0.488 e. The van der Waals surface area contributed by atoms with E-state index in [1.165, 1.54) is 0 Å². The minimum absolute atomic E-state index is 0.154. The molecule has 26 heavy (non-hydrogen) atoms. The van der Waals surface area contributed by atoms with E-state index in [1.54, 1.807) is 19.1 Å². The van der Waals surface area contributed by atoms with E-state index in [-0.39, 0.29) is 6.10 Å². The highest BCUT2D eigenvalue weighted by Gasteiger charge is 2.53. The number of halogens is 1. The van der Waals surface area contributed by atoms with Crippen molar-refractivity contribution in [1.29, 1.82) is 0 Å². The van der Waals surface area contributed by atoms with Crippen LogP contribution in [0.3, 0.4) is 0 Å². The number of benzene rings is 1. The van der Waals surface area contributed by atoms with Crippen LogP contribution in [0.1, 0.15) is 59.4 Å².